The van der Waals surface area contributed by atoms with Gasteiger partial charge in [0.05, 0.1) is 6.54 Å². The van der Waals surface area contributed by atoms with Crippen LogP contribution < -0.4 is 0 Å². The van der Waals surface area contributed by atoms with Crippen molar-refractivity contribution >= 4 is 0 Å². The summed E-state index contributed by atoms with van der Waals surface area (Å²) >= 11 is 0. The van der Waals surface area contributed by atoms with E-state index in [4.69, 9.17) is 10.8 Å². The zero-order valence-corrected chi connectivity index (χ0v) is 6.91. The molecule has 1 aromatic rings. The zero-order chi connectivity index (χ0) is 10.6. The van der Waals surface area contributed by atoms with Gasteiger partial charge in [-0.15, -0.1) is 0 Å². The highest BCUT2D eigenvalue weighted by Crippen LogP contribution is 2.16. The highest BCUT2D eigenvalue weighted by atomic mass is 19.1. The molecule has 0 radical (unpaired) electrons. The van der Waals surface area contributed by atoms with E-state index < -0.39 is 17.2 Å². The molecule has 0 saturated heterocycles. The first-order valence-electron chi connectivity index (χ1n) is 3.58. The molecule has 0 amide bonds. The summed E-state index contributed by atoms with van der Waals surface area (Å²) in [5.74, 6) is -1.89. The predicted molar refractivity (Wildman–Crippen MR) is 43.9 cm³/mol. The monoisotopic (exact) mass is 194 g/mol. The van der Waals surface area contributed by atoms with E-state index in [1.807, 2.05) is 0 Å². The molecule has 14 heavy (non-hydrogen) atoms. The highest BCUT2D eigenvalue weighted by molar-refractivity contribution is 5.36. The molecule has 0 aliphatic heterocycles. The van der Waals surface area contributed by atoms with Crippen LogP contribution in [0.15, 0.2) is 17.2 Å². The van der Waals surface area contributed by atoms with Gasteiger partial charge in [-0.2, -0.15) is 5.26 Å². The fraction of sp³-hybridized carbons (Fsp3) is 0.125. The molecule has 0 saturated carbocycles. The van der Waals surface area contributed by atoms with Crippen molar-refractivity contribution in [2.45, 2.75) is 6.54 Å². The number of azide groups is 1. The Bertz CT molecular complexity index is 443. The molecule has 1 rings (SSSR count). The van der Waals surface area contributed by atoms with Gasteiger partial charge in [-0.1, -0.05) is 11.2 Å². The van der Waals surface area contributed by atoms with E-state index in [1.54, 1.807) is 0 Å². The quantitative estimate of drug-likeness (QED) is 0.405. The van der Waals surface area contributed by atoms with Crippen molar-refractivity contribution in [2.24, 2.45) is 5.11 Å². The molecule has 0 aliphatic carbocycles. The average Bonchev–Trinajstić information content (AvgIpc) is 2.18. The summed E-state index contributed by atoms with van der Waals surface area (Å²) in [7, 11) is 0. The Balaban J connectivity index is 3.22. The molecule has 0 unspecified atom stereocenters. The van der Waals surface area contributed by atoms with Gasteiger partial charge in [0.2, 0.25) is 0 Å². The average molecular weight is 194 g/mol. The highest BCUT2D eigenvalue weighted by Gasteiger charge is 2.11. The Morgan fingerprint density at radius 1 is 1.50 bits per heavy atom. The van der Waals surface area contributed by atoms with Crippen molar-refractivity contribution in [3.63, 3.8) is 0 Å². The van der Waals surface area contributed by atoms with E-state index in [0.717, 1.165) is 12.1 Å². The molecule has 0 bridgehead atoms. The van der Waals surface area contributed by atoms with Gasteiger partial charge in [-0.25, -0.2) is 8.78 Å². The van der Waals surface area contributed by atoms with Crippen LogP contribution in [0.3, 0.4) is 0 Å². The molecular weight excluding hydrogens is 190 g/mol. The maximum atomic E-state index is 13.2. The van der Waals surface area contributed by atoms with Gasteiger partial charge in [-0.05, 0) is 17.2 Å². The second-order valence-corrected chi connectivity index (χ2v) is 2.40. The van der Waals surface area contributed by atoms with Crippen LogP contribution in [0.1, 0.15) is 11.1 Å². The Morgan fingerprint density at radius 2 is 2.21 bits per heavy atom. The van der Waals surface area contributed by atoms with Crippen LogP contribution in [0.4, 0.5) is 8.78 Å². The molecule has 0 aliphatic rings. The van der Waals surface area contributed by atoms with E-state index >= 15 is 0 Å². The third-order valence-corrected chi connectivity index (χ3v) is 1.59. The number of halogens is 2. The topological polar surface area (TPSA) is 72.5 Å². The predicted octanol–water partition coefficient (Wildman–Crippen LogP) is 2.65. The minimum absolute atomic E-state index is 0.000694. The van der Waals surface area contributed by atoms with Crippen LogP contribution in [-0.2, 0) is 6.54 Å². The van der Waals surface area contributed by atoms with E-state index in [1.165, 1.54) is 6.07 Å². The van der Waals surface area contributed by atoms with Gasteiger partial charge in [0.25, 0.3) is 0 Å². The maximum absolute atomic E-state index is 13.2. The number of hydrogen-bond acceptors (Lipinski definition) is 2. The molecule has 0 atom stereocenters. The standard InChI is InChI=1S/C8H4F2N4/c9-7-2-1-5(4-13-14-12)8(10)6(7)3-11/h1-2H,4H2. The fourth-order valence-electron chi connectivity index (χ4n) is 0.928. The summed E-state index contributed by atoms with van der Waals surface area (Å²) in [6.07, 6.45) is 0. The minimum atomic E-state index is -0.972. The Hall–Kier alpha value is -2.12. The molecule has 0 heterocycles. The van der Waals surface area contributed by atoms with E-state index in [9.17, 15) is 8.78 Å². The zero-order valence-electron chi connectivity index (χ0n) is 6.91. The summed E-state index contributed by atoms with van der Waals surface area (Å²) in [6, 6.07) is 3.50. The fourth-order valence-corrected chi connectivity index (χ4v) is 0.928. The third kappa shape index (κ3) is 1.79. The van der Waals surface area contributed by atoms with Crippen molar-refractivity contribution in [2.75, 3.05) is 0 Å². The van der Waals surface area contributed by atoms with Gasteiger partial charge >= 0.3 is 0 Å². The molecule has 4 nitrogen and oxygen atoms in total. The normalized spacial score (nSPS) is 8.93. The lowest BCUT2D eigenvalue weighted by atomic mass is 10.1. The van der Waals surface area contributed by atoms with Crippen LogP contribution in [0, 0.1) is 23.0 Å². The van der Waals surface area contributed by atoms with Gasteiger partial charge in [0.15, 0.2) is 0 Å². The Labute approximate surface area is 78.0 Å². The number of nitriles is 1. The lowest BCUT2D eigenvalue weighted by molar-refractivity contribution is 0.566. The Morgan fingerprint density at radius 3 is 2.79 bits per heavy atom. The van der Waals surface area contributed by atoms with Crippen molar-refractivity contribution in [1.29, 1.82) is 5.26 Å². The third-order valence-electron chi connectivity index (χ3n) is 1.59. The van der Waals surface area contributed by atoms with Gasteiger partial charge < -0.3 is 0 Å². The van der Waals surface area contributed by atoms with Crippen LogP contribution in [-0.4, -0.2) is 0 Å². The van der Waals surface area contributed by atoms with Gasteiger partial charge in [-0.3, -0.25) is 0 Å². The van der Waals surface area contributed by atoms with Crippen molar-refractivity contribution < 1.29 is 8.78 Å². The van der Waals surface area contributed by atoms with Crippen LogP contribution in [0.5, 0.6) is 0 Å². The molecular formula is C8H4F2N4. The Kier molecular flexibility index (Phi) is 3.00. The van der Waals surface area contributed by atoms with Gasteiger partial charge in [0, 0.05) is 4.91 Å². The first kappa shape index (κ1) is 9.96. The summed E-state index contributed by atoms with van der Waals surface area (Å²) < 4.78 is 26.0. The SMILES string of the molecule is N#Cc1c(F)ccc(CN=[N+]=[N-])c1F. The van der Waals surface area contributed by atoms with Crippen LogP contribution >= 0.6 is 0 Å². The van der Waals surface area contributed by atoms with Crippen LogP contribution in [0.2, 0.25) is 0 Å². The second kappa shape index (κ2) is 4.21. The molecule has 0 N–H and O–H groups in total. The van der Waals surface area contributed by atoms with E-state index in [0.29, 0.717) is 0 Å². The molecule has 0 spiro atoms. The number of benzene rings is 1. The molecule has 70 valence electrons. The van der Waals surface area contributed by atoms with E-state index in [2.05, 4.69) is 10.0 Å². The first-order valence-corrected chi connectivity index (χ1v) is 3.58. The minimum Gasteiger partial charge on any atom is -0.205 e. The van der Waals surface area contributed by atoms with Crippen molar-refractivity contribution in [1.82, 2.24) is 0 Å². The summed E-state index contributed by atoms with van der Waals surface area (Å²) in [5.41, 5.74) is 7.34. The molecule has 0 fully saturated rings. The smallest absolute Gasteiger partial charge is 0.147 e. The molecule has 6 heteroatoms. The van der Waals surface area contributed by atoms with Crippen molar-refractivity contribution in [3.05, 3.63) is 45.3 Å². The lowest BCUT2D eigenvalue weighted by Crippen LogP contribution is -1.95. The molecule has 1 aromatic carbocycles. The number of nitrogens with zero attached hydrogens (tertiary/aromatic N) is 4. The summed E-state index contributed by atoms with van der Waals surface area (Å²) in [5, 5.41) is 11.5. The maximum Gasteiger partial charge on any atom is 0.147 e. The summed E-state index contributed by atoms with van der Waals surface area (Å²) in [4.78, 5) is 2.43. The number of rotatable bonds is 2. The van der Waals surface area contributed by atoms with Gasteiger partial charge in [0.1, 0.15) is 23.3 Å². The largest absolute Gasteiger partial charge is 0.205 e. The van der Waals surface area contributed by atoms with Crippen molar-refractivity contribution in [3.8, 4) is 6.07 Å². The first-order chi connectivity index (χ1) is 6.70. The lowest BCUT2D eigenvalue weighted by Gasteiger charge is -2.00. The number of hydrogen-bond donors (Lipinski definition) is 0. The molecule has 0 aromatic heterocycles. The van der Waals surface area contributed by atoms with E-state index in [-0.39, 0.29) is 12.1 Å². The second-order valence-electron chi connectivity index (χ2n) is 2.40. The van der Waals surface area contributed by atoms with Crippen LogP contribution in [0.25, 0.3) is 10.4 Å². The summed E-state index contributed by atoms with van der Waals surface area (Å²) in [6.45, 7) is -0.239.